The summed E-state index contributed by atoms with van der Waals surface area (Å²) in [5, 5.41) is 6.56. The van der Waals surface area contributed by atoms with Crippen LogP contribution in [-0.2, 0) is 16.0 Å². The van der Waals surface area contributed by atoms with Gasteiger partial charge >= 0.3 is 11.8 Å². The van der Waals surface area contributed by atoms with Gasteiger partial charge in [-0.15, -0.1) is 0 Å². The monoisotopic (exact) mass is 432 g/mol. The molecule has 0 aliphatic rings. The Bertz CT molecular complexity index is 1090. The molecule has 166 valence electrons. The van der Waals surface area contributed by atoms with Crippen molar-refractivity contribution in [3.8, 4) is 11.4 Å². The Labute approximate surface area is 188 Å². The van der Waals surface area contributed by atoms with Crippen LogP contribution in [0, 0.1) is 13.8 Å². The Balaban J connectivity index is 1.56. The van der Waals surface area contributed by atoms with Gasteiger partial charge in [-0.3, -0.25) is 9.59 Å². The van der Waals surface area contributed by atoms with Crippen molar-refractivity contribution in [2.45, 2.75) is 27.2 Å². The number of aryl methyl sites for hydroxylation is 1. The molecule has 0 saturated carbocycles. The van der Waals surface area contributed by atoms with E-state index in [1.165, 1.54) is 0 Å². The van der Waals surface area contributed by atoms with Gasteiger partial charge in [0, 0.05) is 29.2 Å². The van der Waals surface area contributed by atoms with Crippen LogP contribution in [0.4, 0.5) is 0 Å². The predicted molar refractivity (Wildman–Crippen MR) is 125 cm³/mol. The third-order valence-electron chi connectivity index (χ3n) is 4.99. The summed E-state index contributed by atoms with van der Waals surface area (Å²) < 4.78 is 7.59. The molecule has 0 aliphatic heterocycles. The number of aromatic nitrogens is 1. The van der Waals surface area contributed by atoms with E-state index in [4.69, 9.17) is 4.74 Å². The Kier molecular flexibility index (Phi) is 7.80. The van der Waals surface area contributed by atoms with Gasteiger partial charge in [-0.1, -0.05) is 30.3 Å². The number of amides is 2. The predicted octanol–water partition coefficient (Wildman–Crippen LogP) is 3.30. The number of rotatable bonds is 8. The lowest BCUT2D eigenvalue weighted by molar-refractivity contribution is -0.139. The molecule has 0 radical (unpaired) electrons. The number of ether oxygens (including phenoxy) is 1. The van der Waals surface area contributed by atoms with Crippen LogP contribution >= 0.6 is 0 Å². The molecule has 1 heterocycles. The van der Waals surface area contributed by atoms with E-state index in [9.17, 15) is 9.59 Å². The SMILES string of the molecule is CCOc1ccc(-n2c(C)cc(/C=N\NC(=O)C(=O)NCCc3ccccc3)c2C)cc1. The molecular formula is C25H28N4O3. The first kappa shape index (κ1) is 22.8. The first-order valence-corrected chi connectivity index (χ1v) is 10.6. The molecule has 2 N–H and O–H groups in total. The summed E-state index contributed by atoms with van der Waals surface area (Å²) in [7, 11) is 0. The topological polar surface area (TPSA) is 84.7 Å². The van der Waals surface area contributed by atoms with Crippen LogP contribution in [0.5, 0.6) is 5.75 Å². The summed E-state index contributed by atoms with van der Waals surface area (Å²) >= 11 is 0. The summed E-state index contributed by atoms with van der Waals surface area (Å²) in [6.45, 7) is 6.93. The molecule has 0 fully saturated rings. The van der Waals surface area contributed by atoms with Crippen molar-refractivity contribution in [2.24, 2.45) is 5.10 Å². The molecule has 2 amide bonds. The molecule has 2 aromatic carbocycles. The Morgan fingerprint density at radius 2 is 1.75 bits per heavy atom. The number of nitrogens with zero attached hydrogens (tertiary/aromatic N) is 2. The lowest BCUT2D eigenvalue weighted by Gasteiger charge is -2.10. The number of hydrazone groups is 1. The molecule has 1 aromatic heterocycles. The molecule has 3 aromatic rings. The number of benzene rings is 2. The van der Waals surface area contributed by atoms with Gasteiger partial charge in [-0.05, 0) is 63.1 Å². The number of carbonyl (C=O) groups excluding carboxylic acids is 2. The van der Waals surface area contributed by atoms with Gasteiger partial charge in [0.05, 0.1) is 12.8 Å². The second kappa shape index (κ2) is 10.9. The fraction of sp³-hybridized carbons (Fsp3) is 0.240. The minimum absolute atomic E-state index is 0.378. The molecule has 0 aliphatic carbocycles. The average molecular weight is 433 g/mol. The van der Waals surface area contributed by atoms with Gasteiger partial charge in [-0.2, -0.15) is 5.10 Å². The van der Waals surface area contributed by atoms with Crippen LogP contribution in [0.2, 0.25) is 0 Å². The highest BCUT2D eigenvalue weighted by molar-refractivity contribution is 6.35. The van der Waals surface area contributed by atoms with E-state index < -0.39 is 11.8 Å². The molecule has 0 saturated heterocycles. The van der Waals surface area contributed by atoms with Crippen LogP contribution in [0.25, 0.3) is 5.69 Å². The van der Waals surface area contributed by atoms with Gasteiger partial charge in [0.25, 0.3) is 0 Å². The molecule has 7 heteroatoms. The van der Waals surface area contributed by atoms with Crippen LogP contribution in [0.1, 0.15) is 29.4 Å². The molecule has 32 heavy (non-hydrogen) atoms. The van der Waals surface area contributed by atoms with Crippen LogP contribution in [0.15, 0.2) is 65.8 Å². The van der Waals surface area contributed by atoms with Gasteiger partial charge in [-0.25, -0.2) is 5.43 Å². The fourth-order valence-electron chi connectivity index (χ4n) is 3.43. The first-order chi connectivity index (χ1) is 15.5. The van der Waals surface area contributed by atoms with E-state index in [-0.39, 0.29) is 0 Å². The third kappa shape index (κ3) is 5.85. The average Bonchev–Trinajstić information content (AvgIpc) is 3.08. The molecule has 3 rings (SSSR count). The highest BCUT2D eigenvalue weighted by Gasteiger charge is 2.13. The molecule has 0 unspecified atom stereocenters. The fourth-order valence-corrected chi connectivity index (χ4v) is 3.43. The summed E-state index contributed by atoms with van der Waals surface area (Å²) in [6, 6.07) is 19.6. The molecule has 0 bridgehead atoms. The van der Waals surface area contributed by atoms with E-state index in [1.807, 2.05) is 81.4 Å². The van der Waals surface area contributed by atoms with Crippen molar-refractivity contribution >= 4 is 18.0 Å². The zero-order valence-corrected chi connectivity index (χ0v) is 18.6. The normalized spacial score (nSPS) is 10.8. The number of hydrogen-bond acceptors (Lipinski definition) is 4. The maximum atomic E-state index is 12.0. The summed E-state index contributed by atoms with van der Waals surface area (Å²) in [4.78, 5) is 23.9. The standard InChI is InChI=1S/C25H28N4O3/c1-4-32-23-12-10-22(11-13-23)29-18(2)16-21(19(29)3)17-27-28-25(31)24(30)26-15-14-20-8-6-5-7-9-20/h5-13,16-17H,4,14-15H2,1-3H3,(H,26,30)(H,28,31)/b27-17-. The van der Waals surface area contributed by atoms with E-state index in [1.54, 1.807) is 6.21 Å². The minimum atomic E-state index is -0.797. The smallest absolute Gasteiger partial charge is 0.329 e. The first-order valence-electron chi connectivity index (χ1n) is 10.6. The van der Waals surface area contributed by atoms with Crippen LogP contribution in [0.3, 0.4) is 0 Å². The Morgan fingerprint density at radius 3 is 2.44 bits per heavy atom. The van der Waals surface area contributed by atoms with E-state index in [2.05, 4.69) is 20.4 Å². The van der Waals surface area contributed by atoms with Crippen molar-refractivity contribution in [2.75, 3.05) is 13.2 Å². The van der Waals surface area contributed by atoms with Crippen molar-refractivity contribution in [3.05, 3.63) is 83.2 Å². The van der Waals surface area contributed by atoms with Crippen molar-refractivity contribution in [1.82, 2.24) is 15.3 Å². The second-order valence-electron chi connectivity index (χ2n) is 7.28. The maximum absolute atomic E-state index is 12.0. The molecule has 0 spiro atoms. The van der Waals surface area contributed by atoms with Gasteiger partial charge in [0.1, 0.15) is 5.75 Å². The van der Waals surface area contributed by atoms with Gasteiger partial charge in [0.2, 0.25) is 0 Å². The quantitative estimate of drug-likeness (QED) is 0.325. The Morgan fingerprint density at radius 1 is 1.03 bits per heavy atom. The van der Waals surface area contributed by atoms with Crippen molar-refractivity contribution < 1.29 is 14.3 Å². The zero-order valence-electron chi connectivity index (χ0n) is 18.6. The third-order valence-corrected chi connectivity index (χ3v) is 4.99. The Hall–Kier alpha value is -3.87. The second-order valence-corrected chi connectivity index (χ2v) is 7.28. The lowest BCUT2D eigenvalue weighted by Crippen LogP contribution is -2.38. The van der Waals surface area contributed by atoms with E-state index >= 15 is 0 Å². The highest BCUT2D eigenvalue weighted by Crippen LogP contribution is 2.22. The summed E-state index contributed by atoms with van der Waals surface area (Å²) in [5.74, 6) is -0.683. The summed E-state index contributed by atoms with van der Waals surface area (Å²) in [5.41, 5.74) is 7.23. The zero-order chi connectivity index (χ0) is 22.9. The van der Waals surface area contributed by atoms with Crippen LogP contribution in [-0.4, -0.2) is 35.7 Å². The van der Waals surface area contributed by atoms with Crippen LogP contribution < -0.4 is 15.5 Å². The van der Waals surface area contributed by atoms with Gasteiger partial charge < -0.3 is 14.6 Å². The molecule has 0 atom stereocenters. The summed E-state index contributed by atoms with van der Waals surface area (Å²) in [6.07, 6.45) is 2.20. The number of nitrogens with one attached hydrogen (secondary N) is 2. The van der Waals surface area contributed by atoms with E-state index in [0.717, 1.165) is 34.0 Å². The number of carbonyl (C=O) groups is 2. The van der Waals surface area contributed by atoms with Crippen molar-refractivity contribution in [3.63, 3.8) is 0 Å². The van der Waals surface area contributed by atoms with Crippen molar-refractivity contribution in [1.29, 1.82) is 0 Å². The number of hydrogen-bond donors (Lipinski definition) is 2. The minimum Gasteiger partial charge on any atom is -0.494 e. The molecular weight excluding hydrogens is 404 g/mol. The molecule has 7 nitrogen and oxygen atoms in total. The highest BCUT2D eigenvalue weighted by atomic mass is 16.5. The van der Waals surface area contributed by atoms with E-state index in [0.29, 0.717) is 19.6 Å². The largest absolute Gasteiger partial charge is 0.494 e. The van der Waals surface area contributed by atoms with Gasteiger partial charge in [0.15, 0.2) is 0 Å². The maximum Gasteiger partial charge on any atom is 0.329 e. The lowest BCUT2D eigenvalue weighted by atomic mass is 10.1.